The first-order chi connectivity index (χ1) is 8.99. The maximum atomic E-state index is 5.79. The summed E-state index contributed by atoms with van der Waals surface area (Å²) in [6, 6.07) is 5.79. The van der Waals surface area contributed by atoms with E-state index < -0.39 is 0 Å². The van der Waals surface area contributed by atoms with Gasteiger partial charge >= 0.3 is 0 Å². The molecule has 0 aromatic carbocycles. The molecule has 0 aliphatic carbocycles. The van der Waals surface area contributed by atoms with Crippen LogP contribution in [-0.2, 0) is 0 Å². The summed E-state index contributed by atoms with van der Waals surface area (Å²) in [7, 11) is 0. The Morgan fingerprint density at radius 3 is 2.58 bits per heavy atom. The molecule has 4 nitrogen and oxygen atoms in total. The van der Waals surface area contributed by atoms with Crippen LogP contribution in [0.2, 0.25) is 0 Å². The molecule has 98 valence electrons. The molecule has 2 heterocycles. The number of nitrogens with two attached hydrogens (primary N) is 1. The molecule has 0 aliphatic rings. The molecule has 2 rings (SSSR count). The predicted octanol–water partition coefficient (Wildman–Crippen LogP) is 2.78. The second-order valence-corrected chi connectivity index (χ2v) is 4.84. The van der Waals surface area contributed by atoms with Gasteiger partial charge in [-0.2, -0.15) is 0 Å². The zero-order valence-corrected chi connectivity index (χ0v) is 12.0. The molecule has 0 spiro atoms. The molecule has 0 atom stereocenters. The molecule has 0 saturated carbocycles. The molecule has 5 heteroatoms. The first-order valence-corrected chi connectivity index (χ1v) is 6.36. The smallest absolute Gasteiger partial charge is 0.107 e. The van der Waals surface area contributed by atoms with Crippen molar-refractivity contribution in [2.75, 3.05) is 5.32 Å². The third-order valence-corrected chi connectivity index (χ3v) is 3.06. The molecular formula is C14H16N4S. The van der Waals surface area contributed by atoms with Crippen molar-refractivity contribution in [2.45, 2.75) is 20.8 Å². The number of anilines is 2. The SMILES string of the molecule is Cc1cc(Nc2cccnc2C)c(C(N)=S)c(C)n1. The Balaban J connectivity index is 2.51. The fourth-order valence-corrected chi connectivity index (χ4v) is 2.26. The van der Waals surface area contributed by atoms with Gasteiger partial charge in [-0.15, -0.1) is 0 Å². The van der Waals surface area contributed by atoms with Crippen LogP contribution in [0.5, 0.6) is 0 Å². The Bertz CT molecular complexity index is 637. The molecule has 0 radical (unpaired) electrons. The van der Waals surface area contributed by atoms with Gasteiger partial charge in [-0.25, -0.2) is 0 Å². The molecule has 0 unspecified atom stereocenters. The number of rotatable bonds is 3. The largest absolute Gasteiger partial charge is 0.389 e. The third kappa shape index (κ3) is 2.88. The topological polar surface area (TPSA) is 63.8 Å². The Labute approximate surface area is 118 Å². The average molecular weight is 272 g/mol. The quantitative estimate of drug-likeness (QED) is 0.841. The highest BCUT2D eigenvalue weighted by Crippen LogP contribution is 2.25. The van der Waals surface area contributed by atoms with Crippen molar-refractivity contribution < 1.29 is 0 Å². The van der Waals surface area contributed by atoms with Crippen LogP contribution in [0.1, 0.15) is 22.6 Å². The fraction of sp³-hybridized carbons (Fsp3) is 0.214. The van der Waals surface area contributed by atoms with Gasteiger partial charge in [-0.3, -0.25) is 9.97 Å². The van der Waals surface area contributed by atoms with Crippen molar-refractivity contribution in [3.05, 3.63) is 47.0 Å². The highest BCUT2D eigenvalue weighted by Gasteiger charge is 2.12. The third-order valence-electron chi connectivity index (χ3n) is 2.85. The minimum Gasteiger partial charge on any atom is -0.389 e. The monoisotopic (exact) mass is 272 g/mol. The zero-order valence-electron chi connectivity index (χ0n) is 11.2. The lowest BCUT2D eigenvalue weighted by atomic mass is 10.1. The van der Waals surface area contributed by atoms with Crippen LogP contribution in [0.25, 0.3) is 0 Å². The van der Waals surface area contributed by atoms with Crippen LogP contribution in [0.3, 0.4) is 0 Å². The van der Waals surface area contributed by atoms with E-state index in [4.69, 9.17) is 18.0 Å². The number of pyridine rings is 2. The summed E-state index contributed by atoms with van der Waals surface area (Å²) in [6.07, 6.45) is 1.76. The van der Waals surface area contributed by atoms with E-state index in [-0.39, 0.29) is 0 Å². The summed E-state index contributed by atoms with van der Waals surface area (Å²) in [6.45, 7) is 5.80. The van der Waals surface area contributed by atoms with Crippen molar-refractivity contribution >= 4 is 28.6 Å². The van der Waals surface area contributed by atoms with Crippen molar-refractivity contribution in [2.24, 2.45) is 5.73 Å². The molecule has 2 aromatic rings. The normalized spacial score (nSPS) is 10.3. The van der Waals surface area contributed by atoms with Gasteiger partial charge in [-0.05, 0) is 39.0 Å². The summed E-state index contributed by atoms with van der Waals surface area (Å²) in [4.78, 5) is 8.99. The van der Waals surface area contributed by atoms with Gasteiger partial charge in [-0.1, -0.05) is 12.2 Å². The maximum absolute atomic E-state index is 5.79. The fourth-order valence-electron chi connectivity index (χ4n) is 2.00. The van der Waals surface area contributed by atoms with E-state index in [2.05, 4.69) is 15.3 Å². The van der Waals surface area contributed by atoms with Gasteiger partial charge in [0.25, 0.3) is 0 Å². The van der Waals surface area contributed by atoms with E-state index in [1.54, 1.807) is 6.20 Å². The summed E-state index contributed by atoms with van der Waals surface area (Å²) >= 11 is 5.11. The van der Waals surface area contributed by atoms with Crippen molar-refractivity contribution in [1.29, 1.82) is 0 Å². The Morgan fingerprint density at radius 1 is 1.21 bits per heavy atom. The number of hydrogen-bond donors (Lipinski definition) is 2. The van der Waals surface area contributed by atoms with Crippen LogP contribution in [0.15, 0.2) is 24.4 Å². The molecule has 3 N–H and O–H groups in total. The molecule has 0 aliphatic heterocycles. The van der Waals surface area contributed by atoms with Crippen LogP contribution in [0, 0.1) is 20.8 Å². The lowest BCUT2D eigenvalue weighted by Gasteiger charge is -2.15. The maximum Gasteiger partial charge on any atom is 0.107 e. The lowest BCUT2D eigenvalue weighted by molar-refractivity contribution is 1.11. The molecule has 0 fully saturated rings. The minimum atomic E-state index is 0.342. The highest BCUT2D eigenvalue weighted by molar-refractivity contribution is 7.80. The van der Waals surface area contributed by atoms with Crippen molar-refractivity contribution in [3.8, 4) is 0 Å². The number of thiocarbonyl (C=S) groups is 1. The van der Waals surface area contributed by atoms with Crippen LogP contribution in [-0.4, -0.2) is 15.0 Å². The van der Waals surface area contributed by atoms with E-state index >= 15 is 0 Å². The summed E-state index contributed by atoms with van der Waals surface area (Å²) in [5.41, 5.74) is 11.0. The second kappa shape index (κ2) is 5.32. The molecule has 19 heavy (non-hydrogen) atoms. The van der Waals surface area contributed by atoms with Crippen molar-refractivity contribution in [1.82, 2.24) is 9.97 Å². The van der Waals surface area contributed by atoms with Gasteiger partial charge < -0.3 is 11.1 Å². The summed E-state index contributed by atoms with van der Waals surface area (Å²) < 4.78 is 0. The van der Waals surface area contributed by atoms with Crippen molar-refractivity contribution in [3.63, 3.8) is 0 Å². The van der Waals surface area contributed by atoms with Gasteiger partial charge in [0.2, 0.25) is 0 Å². The molecule has 0 saturated heterocycles. The first-order valence-electron chi connectivity index (χ1n) is 5.95. The molecular weight excluding hydrogens is 256 g/mol. The zero-order chi connectivity index (χ0) is 14.0. The Kier molecular flexibility index (Phi) is 3.76. The van der Waals surface area contributed by atoms with Crippen LogP contribution < -0.4 is 11.1 Å². The number of nitrogens with one attached hydrogen (secondary N) is 1. The van der Waals surface area contributed by atoms with E-state index in [1.807, 2.05) is 39.0 Å². The second-order valence-electron chi connectivity index (χ2n) is 4.40. The predicted molar refractivity (Wildman–Crippen MR) is 81.9 cm³/mol. The highest BCUT2D eigenvalue weighted by atomic mass is 32.1. The molecule has 0 amide bonds. The Morgan fingerprint density at radius 2 is 1.95 bits per heavy atom. The van der Waals surface area contributed by atoms with E-state index in [0.29, 0.717) is 4.99 Å². The van der Waals surface area contributed by atoms with E-state index in [0.717, 1.165) is 34.0 Å². The number of nitrogens with zero attached hydrogens (tertiary/aromatic N) is 2. The van der Waals surface area contributed by atoms with E-state index in [1.165, 1.54) is 0 Å². The van der Waals surface area contributed by atoms with E-state index in [9.17, 15) is 0 Å². The lowest BCUT2D eigenvalue weighted by Crippen LogP contribution is -2.15. The summed E-state index contributed by atoms with van der Waals surface area (Å²) in [5.74, 6) is 0. The Hall–Kier alpha value is -2.01. The number of aromatic nitrogens is 2. The standard InChI is InChI=1S/C14H16N4S/c1-8-7-12(13(14(15)19)10(3)17-8)18-11-5-4-6-16-9(11)2/h4-7H,1-3H3,(H2,15,19)(H,17,18). The average Bonchev–Trinajstić information content (AvgIpc) is 2.30. The number of aryl methyl sites for hydroxylation is 3. The van der Waals surface area contributed by atoms with Gasteiger partial charge in [0, 0.05) is 17.6 Å². The minimum absolute atomic E-state index is 0.342. The van der Waals surface area contributed by atoms with Gasteiger partial charge in [0.05, 0.1) is 22.6 Å². The van der Waals surface area contributed by atoms with Gasteiger partial charge in [0.1, 0.15) is 4.99 Å². The molecule has 0 bridgehead atoms. The molecule has 2 aromatic heterocycles. The first kappa shape index (κ1) is 13.4. The van der Waals surface area contributed by atoms with Gasteiger partial charge in [0.15, 0.2) is 0 Å². The summed E-state index contributed by atoms with van der Waals surface area (Å²) in [5, 5.41) is 3.33. The number of hydrogen-bond acceptors (Lipinski definition) is 4. The van der Waals surface area contributed by atoms with Crippen LogP contribution in [0.4, 0.5) is 11.4 Å². The van der Waals surface area contributed by atoms with Crippen LogP contribution >= 0.6 is 12.2 Å².